The number of amides is 2. The molecule has 12 heteroatoms. The van der Waals surface area contributed by atoms with Crippen molar-refractivity contribution in [3.63, 3.8) is 0 Å². The fraction of sp³-hybridized carbons (Fsp3) is 0.371. The molecule has 1 N–H and O–H groups in total. The summed E-state index contributed by atoms with van der Waals surface area (Å²) in [7, 11) is 0. The zero-order valence-electron chi connectivity index (χ0n) is 26.9. The molecular formula is C35H39F3N6O2S. The Morgan fingerprint density at radius 2 is 1.81 bits per heavy atom. The third-order valence-electron chi connectivity index (χ3n) is 7.89. The largest absolute Gasteiger partial charge is 0.573 e. The number of aliphatic imine (C=N–C) groups is 1. The second kappa shape index (κ2) is 15.1. The molecule has 1 saturated heterocycles. The number of anilines is 1. The minimum absolute atomic E-state index is 0.299. The number of urea groups is 1. The Hall–Kier alpha value is -4.32. The van der Waals surface area contributed by atoms with E-state index in [1.165, 1.54) is 46.4 Å². The van der Waals surface area contributed by atoms with Crippen molar-refractivity contribution in [3.8, 4) is 22.8 Å². The number of aromatic nitrogens is 3. The van der Waals surface area contributed by atoms with Crippen molar-refractivity contribution in [1.82, 2.24) is 20.1 Å². The summed E-state index contributed by atoms with van der Waals surface area (Å²) in [6.45, 7) is 10.1. The number of halogens is 3. The summed E-state index contributed by atoms with van der Waals surface area (Å²) in [6.07, 6.45) is -0.540. The van der Waals surface area contributed by atoms with E-state index < -0.39 is 6.36 Å². The highest BCUT2D eigenvalue weighted by atomic mass is 32.2. The Morgan fingerprint density at radius 1 is 1.06 bits per heavy atom. The lowest BCUT2D eigenvalue weighted by Gasteiger charge is -2.32. The number of rotatable bonds is 10. The van der Waals surface area contributed by atoms with Crippen LogP contribution in [0.15, 0.2) is 78.0 Å². The van der Waals surface area contributed by atoms with Crippen LogP contribution in [0.3, 0.4) is 0 Å². The van der Waals surface area contributed by atoms with Gasteiger partial charge in [-0.25, -0.2) is 14.5 Å². The van der Waals surface area contributed by atoms with Gasteiger partial charge >= 0.3 is 12.4 Å². The van der Waals surface area contributed by atoms with Crippen molar-refractivity contribution in [1.29, 1.82) is 0 Å². The lowest BCUT2D eigenvalue weighted by atomic mass is 9.95. The molecule has 0 radical (unpaired) electrons. The van der Waals surface area contributed by atoms with Gasteiger partial charge in [0.05, 0.1) is 5.69 Å². The molecule has 3 aromatic carbocycles. The minimum Gasteiger partial charge on any atom is -0.406 e. The molecule has 1 aliphatic rings. The van der Waals surface area contributed by atoms with Gasteiger partial charge in [-0.3, -0.25) is 0 Å². The van der Waals surface area contributed by atoms with Crippen LogP contribution in [0, 0.1) is 12.8 Å². The summed E-state index contributed by atoms with van der Waals surface area (Å²) < 4.78 is 42.7. The molecule has 0 spiro atoms. The van der Waals surface area contributed by atoms with Crippen LogP contribution >= 0.6 is 11.8 Å². The predicted molar refractivity (Wildman–Crippen MR) is 181 cm³/mol. The number of carbonyl (C=O) groups excluding carboxylic acids is 1. The number of carbonyl (C=O) groups is 1. The highest BCUT2D eigenvalue weighted by Crippen LogP contribution is 2.34. The number of thioether (sulfide) groups is 1. The number of aryl methyl sites for hydroxylation is 1. The molecule has 1 unspecified atom stereocenters. The first-order valence-electron chi connectivity index (χ1n) is 15.7. The second-order valence-electron chi connectivity index (χ2n) is 12.0. The number of amidine groups is 1. The monoisotopic (exact) mass is 664 g/mol. The molecule has 4 aromatic rings. The molecule has 1 aliphatic heterocycles. The molecule has 5 rings (SSSR count). The van der Waals surface area contributed by atoms with Gasteiger partial charge in [-0.05, 0) is 85.0 Å². The van der Waals surface area contributed by atoms with Crippen LogP contribution in [0.4, 0.5) is 23.7 Å². The van der Waals surface area contributed by atoms with Crippen LogP contribution in [-0.4, -0.2) is 51.2 Å². The van der Waals surface area contributed by atoms with Gasteiger partial charge in [-0.2, -0.15) is 4.99 Å². The maximum Gasteiger partial charge on any atom is 0.573 e. The molecule has 0 bridgehead atoms. The Bertz CT molecular complexity index is 1690. The van der Waals surface area contributed by atoms with Crippen LogP contribution in [-0.2, 0) is 6.42 Å². The van der Waals surface area contributed by atoms with E-state index >= 15 is 0 Å². The van der Waals surface area contributed by atoms with Crippen molar-refractivity contribution < 1.29 is 22.7 Å². The van der Waals surface area contributed by atoms with E-state index in [0.717, 1.165) is 53.5 Å². The number of nitrogens with one attached hydrogen (secondary N) is 1. The first-order chi connectivity index (χ1) is 22.5. The fourth-order valence-electron chi connectivity index (χ4n) is 5.69. The van der Waals surface area contributed by atoms with E-state index in [9.17, 15) is 18.0 Å². The van der Waals surface area contributed by atoms with Gasteiger partial charge in [-0.15, -0.1) is 18.3 Å². The number of nitrogens with zero attached hydrogens (tertiary/aromatic N) is 5. The van der Waals surface area contributed by atoms with Crippen LogP contribution in [0.2, 0.25) is 0 Å². The predicted octanol–water partition coefficient (Wildman–Crippen LogP) is 8.54. The van der Waals surface area contributed by atoms with Crippen molar-refractivity contribution in [3.05, 3.63) is 89.7 Å². The van der Waals surface area contributed by atoms with Crippen molar-refractivity contribution in [2.24, 2.45) is 10.9 Å². The smallest absolute Gasteiger partial charge is 0.406 e. The molecule has 1 atom stereocenters. The first-order valence-corrected chi connectivity index (χ1v) is 16.7. The fourth-order valence-corrected chi connectivity index (χ4v) is 6.64. The summed E-state index contributed by atoms with van der Waals surface area (Å²) in [5.74, 6) is 1.84. The maximum absolute atomic E-state index is 12.8. The summed E-state index contributed by atoms with van der Waals surface area (Å²) in [6, 6.07) is 19.4. The molecule has 0 aliphatic carbocycles. The van der Waals surface area contributed by atoms with Gasteiger partial charge in [-0.1, -0.05) is 68.9 Å². The van der Waals surface area contributed by atoms with Gasteiger partial charge in [0.25, 0.3) is 0 Å². The standard InChI is InChI=1S/C35H39F3N6O2S/c1-23(2)31-25(4)7-5-8-30(31)43-19-6-20-47-34(43)41-33(45)39-18-17-24(3)21-26-9-11-27(12-10-26)32-40-22-44(42-32)28-13-15-29(16-14-28)46-35(36,37)38/h5,7-16,22-24H,6,17-21H2,1-4H3,(H,39,45). The van der Waals surface area contributed by atoms with Crippen molar-refractivity contribution >= 4 is 28.6 Å². The van der Waals surface area contributed by atoms with Gasteiger partial charge in [0.1, 0.15) is 12.1 Å². The zero-order valence-corrected chi connectivity index (χ0v) is 27.7. The molecule has 47 heavy (non-hydrogen) atoms. The Kier molecular flexibility index (Phi) is 10.9. The maximum atomic E-state index is 12.8. The third kappa shape index (κ3) is 9.15. The number of alkyl halides is 3. The number of hydrogen-bond acceptors (Lipinski definition) is 5. The Balaban J connectivity index is 1.12. The Labute approximate surface area is 277 Å². The average Bonchev–Trinajstić information content (AvgIpc) is 3.51. The molecule has 1 fully saturated rings. The van der Waals surface area contributed by atoms with E-state index in [1.54, 1.807) is 11.8 Å². The van der Waals surface area contributed by atoms with Crippen molar-refractivity contribution in [2.75, 3.05) is 23.7 Å². The minimum atomic E-state index is -4.74. The number of benzene rings is 3. The van der Waals surface area contributed by atoms with Crippen LogP contribution in [0.1, 0.15) is 56.2 Å². The normalized spacial score (nSPS) is 15.2. The van der Waals surface area contributed by atoms with Gasteiger partial charge in [0, 0.05) is 30.1 Å². The summed E-state index contributed by atoms with van der Waals surface area (Å²) >= 11 is 1.63. The molecular weight excluding hydrogens is 625 g/mol. The van der Waals surface area contributed by atoms with E-state index in [1.807, 2.05) is 24.3 Å². The highest BCUT2D eigenvalue weighted by Gasteiger charge is 2.31. The molecule has 1 aromatic heterocycles. The van der Waals surface area contributed by atoms with Crippen molar-refractivity contribution in [2.45, 2.75) is 59.2 Å². The molecule has 248 valence electrons. The van der Waals surface area contributed by atoms with Crippen LogP contribution in [0.25, 0.3) is 17.1 Å². The molecule has 2 heterocycles. The molecule has 8 nitrogen and oxygen atoms in total. The molecule has 0 saturated carbocycles. The van der Waals surface area contributed by atoms with E-state index in [4.69, 9.17) is 0 Å². The summed E-state index contributed by atoms with van der Waals surface area (Å²) in [5, 5.41) is 8.21. The highest BCUT2D eigenvalue weighted by molar-refractivity contribution is 8.14. The summed E-state index contributed by atoms with van der Waals surface area (Å²) in [5.41, 5.74) is 6.21. The lowest BCUT2D eigenvalue weighted by molar-refractivity contribution is -0.274. The zero-order chi connectivity index (χ0) is 33.6. The van der Waals surface area contributed by atoms with Crippen LogP contribution in [0.5, 0.6) is 5.75 Å². The van der Waals surface area contributed by atoms with Gasteiger partial charge in [0.15, 0.2) is 11.0 Å². The quantitative estimate of drug-likeness (QED) is 0.183. The van der Waals surface area contributed by atoms with E-state index in [2.05, 4.69) is 75.9 Å². The number of hydrogen-bond donors (Lipinski definition) is 1. The Morgan fingerprint density at radius 3 is 2.51 bits per heavy atom. The lowest BCUT2D eigenvalue weighted by Crippen LogP contribution is -2.36. The SMILES string of the molecule is Cc1cccc(N2CCCSC2=NC(=O)NCCC(C)Cc2ccc(-c3ncn(-c4ccc(OC(F)(F)F)cc4)n3)cc2)c1C(C)C. The summed E-state index contributed by atoms with van der Waals surface area (Å²) in [4.78, 5) is 23.9. The van der Waals surface area contributed by atoms with Crippen LogP contribution < -0.4 is 15.0 Å². The van der Waals surface area contributed by atoms with Gasteiger partial charge in [0.2, 0.25) is 0 Å². The average molecular weight is 665 g/mol. The second-order valence-corrected chi connectivity index (χ2v) is 13.1. The topological polar surface area (TPSA) is 84.6 Å². The van der Waals surface area contributed by atoms with E-state index in [-0.39, 0.29) is 11.8 Å². The van der Waals surface area contributed by atoms with Gasteiger partial charge < -0.3 is 15.0 Å². The first kappa shape index (κ1) is 34.0. The number of ether oxygens (including phenoxy) is 1. The van der Waals surface area contributed by atoms with E-state index in [0.29, 0.717) is 29.9 Å². The molecule has 2 amide bonds. The third-order valence-corrected chi connectivity index (χ3v) is 8.95.